The van der Waals surface area contributed by atoms with Crippen LogP contribution in [0.3, 0.4) is 0 Å². The van der Waals surface area contributed by atoms with E-state index in [-0.39, 0.29) is 0 Å². The maximum atomic E-state index is 5.70. The smallest absolute Gasteiger partial charge is 0.103 e. The number of nitrogens with zero attached hydrogens (tertiary/aromatic N) is 2. The van der Waals surface area contributed by atoms with Gasteiger partial charge in [0.05, 0.1) is 0 Å². The van der Waals surface area contributed by atoms with Crippen molar-refractivity contribution in [2.75, 3.05) is 32.7 Å². The molecule has 0 aliphatic rings. The molecular weight excluding hydrogens is 278 g/mol. The summed E-state index contributed by atoms with van der Waals surface area (Å²) in [6.07, 6.45) is 1.21. The highest BCUT2D eigenvalue weighted by atomic mass is 32.1. The van der Waals surface area contributed by atoms with E-state index in [4.69, 9.17) is 18.0 Å². The molecular formula is C17H29N3S. The molecule has 0 aliphatic heterocycles. The van der Waals surface area contributed by atoms with E-state index in [1.807, 2.05) is 12.1 Å². The number of hydrogen-bond acceptors (Lipinski definition) is 3. The van der Waals surface area contributed by atoms with Crippen LogP contribution in [-0.2, 0) is 6.54 Å². The zero-order valence-corrected chi connectivity index (χ0v) is 14.5. The van der Waals surface area contributed by atoms with Crippen LogP contribution in [-0.4, -0.2) is 47.5 Å². The summed E-state index contributed by atoms with van der Waals surface area (Å²) >= 11 is 5.05. The van der Waals surface area contributed by atoms with Crippen molar-refractivity contribution in [3.63, 3.8) is 0 Å². The average Bonchev–Trinajstić information content (AvgIpc) is 2.50. The molecule has 0 fully saturated rings. The van der Waals surface area contributed by atoms with E-state index < -0.39 is 0 Å². The summed E-state index contributed by atoms with van der Waals surface area (Å²) in [6, 6.07) is 8.26. The highest BCUT2D eigenvalue weighted by Gasteiger charge is 2.06. The molecule has 0 spiro atoms. The van der Waals surface area contributed by atoms with Gasteiger partial charge in [-0.1, -0.05) is 51.2 Å². The van der Waals surface area contributed by atoms with E-state index >= 15 is 0 Å². The van der Waals surface area contributed by atoms with E-state index in [9.17, 15) is 0 Å². The third kappa shape index (κ3) is 6.55. The largest absolute Gasteiger partial charge is 0.389 e. The molecule has 0 heterocycles. The maximum Gasteiger partial charge on any atom is 0.103 e. The molecule has 4 heteroatoms. The standard InChI is InChI=1S/C17H29N3S/c1-4-19(5-2)11-8-12-20(6-3)14-15-9-7-10-16(13-15)17(18)21/h7,9-10,13H,4-6,8,11-12,14H2,1-3H3,(H2,18,21). The summed E-state index contributed by atoms with van der Waals surface area (Å²) < 4.78 is 0. The highest BCUT2D eigenvalue weighted by molar-refractivity contribution is 7.80. The number of benzene rings is 1. The van der Waals surface area contributed by atoms with E-state index in [0.29, 0.717) is 4.99 Å². The first kappa shape index (κ1) is 18.1. The van der Waals surface area contributed by atoms with Gasteiger partial charge in [0.25, 0.3) is 0 Å². The van der Waals surface area contributed by atoms with E-state index in [1.54, 1.807) is 0 Å². The first-order chi connectivity index (χ1) is 10.1. The molecule has 1 aromatic carbocycles. The first-order valence-electron chi connectivity index (χ1n) is 7.94. The Balaban J connectivity index is 2.50. The Kier molecular flexibility index (Phi) is 8.50. The van der Waals surface area contributed by atoms with Crippen LogP contribution in [0.2, 0.25) is 0 Å². The van der Waals surface area contributed by atoms with Crippen LogP contribution in [0.1, 0.15) is 38.3 Å². The van der Waals surface area contributed by atoms with Gasteiger partial charge in [0.1, 0.15) is 4.99 Å². The van der Waals surface area contributed by atoms with Gasteiger partial charge in [0.15, 0.2) is 0 Å². The predicted octanol–water partition coefficient (Wildman–Crippen LogP) is 2.87. The molecule has 3 nitrogen and oxygen atoms in total. The van der Waals surface area contributed by atoms with Crippen LogP contribution in [0.5, 0.6) is 0 Å². The second kappa shape index (κ2) is 9.87. The van der Waals surface area contributed by atoms with Crippen LogP contribution in [0.25, 0.3) is 0 Å². The fourth-order valence-electron chi connectivity index (χ4n) is 2.49. The Morgan fingerprint density at radius 2 is 1.67 bits per heavy atom. The zero-order chi connectivity index (χ0) is 15.7. The van der Waals surface area contributed by atoms with Gasteiger partial charge in [0.2, 0.25) is 0 Å². The second-order valence-electron chi connectivity index (χ2n) is 5.31. The highest BCUT2D eigenvalue weighted by Crippen LogP contribution is 2.09. The molecule has 0 aliphatic carbocycles. The fourth-order valence-corrected chi connectivity index (χ4v) is 2.61. The molecule has 0 saturated heterocycles. The van der Waals surface area contributed by atoms with Crippen LogP contribution < -0.4 is 5.73 Å². The lowest BCUT2D eigenvalue weighted by atomic mass is 10.1. The molecule has 0 bridgehead atoms. The van der Waals surface area contributed by atoms with Crippen molar-refractivity contribution in [2.45, 2.75) is 33.7 Å². The molecule has 118 valence electrons. The second-order valence-corrected chi connectivity index (χ2v) is 5.75. The molecule has 0 unspecified atom stereocenters. The van der Waals surface area contributed by atoms with Crippen LogP contribution in [0.15, 0.2) is 24.3 Å². The topological polar surface area (TPSA) is 32.5 Å². The van der Waals surface area contributed by atoms with Gasteiger partial charge in [-0.25, -0.2) is 0 Å². The number of rotatable bonds is 10. The van der Waals surface area contributed by atoms with Crippen molar-refractivity contribution in [1.29, 1.82) is 0 Å². The molecule has 0 amide bonds. The van der Waals surface area contributed by atoms with Crippen LogP contribution in [0.4, 0.5) is 0 Å². The zero-order valence-electron chi connectivity index (χ0n) is 13.6. The van der Waals surface area contributed by atoms with Crippen molar-refractivity contribution in [3.8, 4) is 0 Å². The monoisotopic (exact) mass is 307 g/mol. The molecule has 21 heavy (non-hydrogen) atoms. The van der Waals surface area contributed by atoms with Crippen LogP contribution >= 0.6 is 12.2 Å². The summed E-state index contributed by atoms with van der Waals surface area (Å²) in [5.41, 5.74) is 7.94. The number of thiocarbonyl (C=S) groups is 1. The average molecular weight is 308 g/mol. The fraction of sp³-hybridized carbons (Fsp3) is 0.588. The molecule has 0 saturated carbocycles. The van der Waals surface area contributed by atoms with Gasteiger partial charge < -0.3 is 10.6 Å². The molecule has 0 aromatic heterocycles. The number of hydrogen-bond donors (Lipinski definition) is 1. The van der Waals surface area contributed by atoms with Crippen molar-refractivity contribution < 1.29 is 0 Å². The molecule has 0 radical (unpaired) electrons. The minimum atomic E-state index is 0.474. The van der Waals surface area contributed by atoms with E-state index in [1.165, 1.54) is 18.5 Å². The lowest BCUT2D eigenvalue weighted by Gasteiger charge is -2.23. The van der Waals surface area contributed by atoms with Gasteiger partial charge >= 0.3 is 0 Å². The Bertz CT molecular complexity index is 430. The number of nitrogens with two attached hydrogens (primary N) is 1. The summed E-state index contributed by atoms with van der Waals surface area (Å²) in [5.74, 6) is 0. The summed E-state index contributed by atoms with van der Waals surface area (Å²) in [4.78, 5) is 5.42. The molecule has 2 N–H and O–H groups in total. The third-order valence-electron chi connectivity index (χ3n) is 3.91. The minimum Gasteiger partial charge on any atom is -0.389 e. The van der Waals surface area contributed by atoms with Crippen molar-refractivity contribution >= 4 is 17.2 Å². The minimum absolute atomic E-state index is 0.474. The lowest BCUT2D eigenvalue weighted by molar-refractivity contribution is 0.238. The predicted molar refractivity (Wildman–Crippen MR) is 95.7 cm³/mol. The summed E-state index contributed by atoms with van der Waals surface area (Å²) in [7, 11) is 0. The van der Waals surface area contributed by atoms with Crippen molar-refractivity contribution in [1.82, 2.24) is 9.80 Å². The molecule has 1 rings (SSSR count). The normalized spacial score (nSPS) is 11.3. The Hall–Kier alpha value is -0.970. The molecule has 1 aromatic rings. The SMILES string of the molecule is CCN(CC)CCCN(CC)Cc1cccc(C(N)=S)c1. The summed E-state index contributed by atoms with van der Waals surface area (Å²) in [5, 5.41) is 0. The van der Waals surface area contributed by atoms with Gasteiger partial charge in [-0.2, -0.15) is 0 Å². The Morgan fingerprint density at radius 1 is 1.05 bits per heavy atom. The van der Waals surface area contributed by atoms with Gasteiger partial charge in [-0.3, -0.25) is 4.90 Å². The Morgan fingerprint density at radius 3 is 2.24 bits per heavy atom. The molecule has 0 atom stereocenters. The van der Waals surface area contributed by atoms with Gasteiger partial charge in [-0.15, -0.1) is 0 Å². The van der Waals surface area contributed by atoms with Gasteiger partial charge in [0, 0.05) is 12.1 Å². The van der Waals surface area contributed by atoms with Gasteiger partial charge in [-0.05, 0) is 50.8 Å². The maximum absolute atomic E-state index is 5.70. The quantitative estimate of drug-likeness (QED) is 0.674. The summed E-state index contributed by atoms with van der Waals surface area (Å²) in [6.45, 7) is 13.3. The van der Waals surface area contributed by atoms with E-state index in [0.717, 1.165) is 38.3 Å². The third-order valence-corrected chi connectivity index (χ3v) is 4.14. The Labute approximate surface area is 135 Å². The van der Waals surface area contributed by atoms with E-state index in [2.05, 4.69) is 42.7 Å². The van der Waals surface area contributed by atoms with Crippen LogP contribution in [0, 0.1) is 0 Å². The lowest BCUT2D eigenvalue weighted by Crippen LogP contribution is -2.29. The first-order valence-corrected chi connectivity index (χ1v) is 8.34. The van der Waals surface area contributed by atoms with Crippen molar-refractivity contribution in [2.24, 2.45) is 5.73 Å². The van der Waals surface area contributed by atoms with Crippen molar-refractivity contribution in [3.05, 3.63) is 35.4 Å².